The first kappa shape index (κ1) is 15.8. The van der Waals surface area contributed by atoms with Gasteiger partial charge in [-0.25, -0.2) is 0 Å². The van der Waals surface area contributed by atoms with Crippen LogP contribution in [-0.4, -0.2) is 32.3 Å². The molecular weight excluding hydrogens is 266 g/mol. The lowest BCUT2D eigenvalue weighted by molar-refractivity contribution is -0.00293. The molecule has 2 atom stereocenters. The molecule has 2 rings (SSSR count). The third kappa shape index (κ3) is 4.74. The second kappa shape index (κ2) is 8.03. The highest BCUT2D eigenvalue weighted by Gasteiger charge is 2.21. The molecule has 4 heteroatoms. The third-order valence-electron chi connectivity index (χ3n) is 4.10. The Balaban J connectivity index is 1.68. The van der Waals surface area contributed by atoms with Gasteiger partial charge in [0.2, 0.25) is 0 Å². The summed E-state index contributed by atoms with van der Waals surface area (Å²) in [6.45, 7) is 3.38. The fourth-order valence-electron chi connectivity index (χ4n) is 2.75. The van der Waals surface area contributed by atoms with Gasteiger partial charge in [0, 0.05) is 12.1 Å². The number of carbonyl (C=O) groups excluding carboxylic acids is 1. The maximum atomic E-state index is 12.0. The van der Waals surface area contributed by atoms with Crippen LogP contribution in [0.15, 0.2) is 24.3 Å². The maximum Gasteiger partial charge on any atom is 0.251 e. The van der Waals surface area contributed by atoms with Crippen molar-refractivity contribution in [3.05, 3.63) is 29.8 Å². The van der Waals surface area contributed by atoms with Gasteiger partial charge in [0.25, 0.3) is 5.91 Å². The van der Waals surface area contributed by atoms with E-state index in [0.717, 1.165) is 12.2 Å². The summed E-state index contributed by atoms with van der Waals surface area (Å²) in [4.78, 5) is 12.0. The lowest BCUT2D eigenvalue weighted by Gasteiger charge is -2.28. The van der Waals surface area contributed by atoms with Crippen molar-refractivity contribution in [1.82, 2.24) is 5.32 Å². The van der Waals surface area contributed by atoms with Gasteiger partial charge in [-0.05, 0) is 43.0 Å². The average Bonchev–Trinajstić information content (AvgIpc) is 2.53. The number of ether oxygens (including phenoxy) is 2. The second-order valence-corrected chi connectivity index (χ2v) is 5.66. The van der Waals surface area contributed by atoms with Crippen LogP contribution in [0.5, 0.6) is 5.75 Å². The van der Waals surface area contributed by atoms with Crippen molar-refractivity contribution in [3.8, 4) is 5.75 Å². The maximum absolute atomic E-state index is 12.0. The molecule has 1 amide bonds. The van der Waals surface area contributed by atoms with Gasteiger partial charge in [0.15, 0.2) is 0 Å². The van der Waals surface area contributed by atoms with Crippen LogP contribution in [0, 0.1) is 5.92 Å². The topological polar surface area (TPSA) is 47.6 Å². The molecule has 1 fully saturated rings. The Hall–Kier alpha value is -1.55. The summed E-state index contributed by atoms with van der Waals surface area (Å²) in [6.07, 6.45) is 5.33. The molecule has 0 bridgehead atoms. The summed E-state index contributed by atoms with van der Waals surface area (Å²) in [5, 5.41) is 2.89. The summed E-state index contributed by atoms with van der Waals surface area (Å²) in [7, 11) is 1.61. The second-order valence-electron chi connectivity index (χ2n) is 5.66. The molecule has 1 aliphatic carbocycles. The first-order chi connectivity index (χ1) is 10.2. The first-order valence-corrected chi connectivity index (χ1v) is 7.74. The van der Waals surface area contributed by atoms with Crippen molar-refractivity contribution >= 4 is 5.91 Å². The third-order valence-corrected chi connectivity index (χ3v) is 4.10. The lowest BCUT2D eigenvalue weighted by Crippen LogP contribution is -2.31. The Labute approximate surface area is 126 Å². The number of hydrogen-bond acceptors (Lipinski definition) is 3. The lowest BCUT2D eigenvalue weighted by atomic mass is 9.88. The van der Waals surface area contributed by atoms with Crippen molar-refractivity contribution < 1.29 is 14.3 Å². The van der Waals surface area contributed by atoms with E-state index in [2.05, 4.69) is 12.2 Å². The quantitative estimate of drug-likeness (QED) is 0.820. The Morgan fingerprint density at radius 3 is 2.62 bits per heavy atom. The van der Waals surface area contributed by atoms with Crippen molar-refractivity contribution in [1.29, 1.82) is 0 Å². The Morgan fingerprint density at radius 2 is 1.95 bits per heavy atom. The van der Waals surface area contributed by atoms with E-state index in [1.54, 1.807) is 31.4 Å². The van der Waals surface area contributed by atoms with E-state index >= 15 is 0 Å². The number of rotatable bonds is 6. The van der Waals surface area contributed by atoms with Crippen molar-refractivity contribution in [2.45, 2.75) is 38.7 Å². The summed E-state index contributed by atoms with van der Waals surface area (Å²) < 4.78 is 11.0. The van der Waals surface area contributed by atoms with Crippen LogP contribution < -0.4 is 10.1 Å². The minimum absolute atomic E-state index is 0.0713. The van der Waals surface area contributed by atoms with Crippen LogP contribution in [0.4, 0.5) is 0 Å². The number of methoxy groups -OCH3 is 1. The van der Waals surface area contributed by atoms with Crippen LogP contribution in [-0.2, 0) is 4.74 Å². The smallest absolute Gasteiger partial charge is 0.251 e. The molecule has 1 aromatic carbocycles. The van der Waals surface area contributed by atoms with Crippen molar-refractivity contribution in [3.63, 3.8) is 0 Å². The van der Waals surface area contributed by atoms with Crippen LogP contribution in [0.3, 0.4) is 0 Å². The van der Waals surface area contributed by atoms with Crippen LogP contribution in [0.1, 0.15) is 43.0 Å². The molecule has 0 aliphatic heterocycles. The van der Waals surface area contributed by atoms with E-state index in [1.165, 1.54) is 19.3 Å². The molecule has 1 aromatic rings. The van der Waals surface area contributed by atoms with Crippen molar-refractivity contribution in [2.75, 3.05) is 20.3 Å². The normalized spacial score (nSPS) is 21.8. The monoisotopic (exact) mass is 291 g/mol. The predicted octanol–water partition coefficient (Wildman–Crippen LogP) is 3.02. The van der Waals surface area contributed by atoms with Crippen molar-refractivity contribution in [2.24, 2.45) is 5.92 Å². The summed E-state index contributed by atoms with van der Waals surface area (Å²) in [5.74, 6) is 1.31. The number of nitrogens with one attached hydrogen (secondary N) is 1. The van der Waals surface area contributed by atoms with Gasteiger partial charge in [-0.3, -0.25) is 4.79 Å². The zero-order chi connectivity index (χ0) is 15.1. The molecule has 116 valence electrons. The van der Waals surface area contributed by atoms with E-state index in [-0.39, 0.29) is 5.91 Å². The van der Waals surface area contributed by atoms with Gasteiger partial charge in [0.1, 0.15) is 5.75 Å². The molecule has 0 saturated heterocycles. The van der Waals surface area contributed by atoms with E-state index in [1.807, 2.05) is 0 Å². The Kier molecular flexibility index (Phi) is 6.05. The Bertz CT molecular complexity index is 444. The van der Waals surface area contributed by atoms with Gasteiger partial charge >= 0.3 is 0 Å². The largest absolute Gasteiger partial charge is 0.497 e. The highest BCUT2D eigenvalue weighted by molar-refractivity contribution is 5.94. The fraction of sp³-hybridized carbons (Fsp3) is 0.588. The average molecular weight is 291 g/mol. The van der Waals surface area contributed by atoms with Crippen LogP contribution in [0.2, 0.25) is 0 Å². The minimum Gasteiger partial charge on any atom is -0.497 e. The predicted molar refractivity (Wildman–Crippen MR) is 82.7 cm³/mol. The Morgan fingerprint density at radius 1 is 1.24 bits per heavy atom. The molecule has 21 heavy (non-hydrogen) atoms. The molecule has 1 aliphatic rings. The van der Waals surface area contributed by atoms with Gasteiger partial charge in [-0.1, -0.05) is 19.8 Å². The standard InChI is InChI=1S/C17H25NO3/c1-13-5-3-4-6-16(13)21-12-11-18-17(19)14-7-9-15(20-2)10-8-14/h7-10,13,16H,3-6,11-12H2,1-2H3,(H,18,19)/t13-,16-/m0/s1. The van der Waals surface area contributed by atoms with E-state index in [0.29, 0.717) is 30.7 Å². The van der Waals surface area contributed by atoms with Crippen LogP contribution >= 0.6 is 0 Å². The number of hydrogen-bond donors (Lipinski definition) is 1. The van der Waals surface area contributed by atoms with Gasteiger partial charge in [0.05, 0.1) is 19.8 Å². The number of carbonyl (C=O) groups is 1. The summed E-state index contributed by atoms with van der Waals surface area (Å²) in [5.41, 5.74) is 0.641. The zero-order valence-electron chi connectivity index (χ0n) is 12.9. The molecule has 0 aromatic heterocycles. The molecule has 1 saturated carbocycles. The van der Waals surface area contributed by atoms with Gasteiger partial charge in [-0.2, -0.15) is 0 Å². The number of amides is 1. The zero-order valence-corrected chi connectivity index (χ0v) is 12.9. The molecule has 0 radical (unpaired) electrons. The summed E-state index contributed by atoms with van der Waals surface area (Å²) in [6, 6.07) is 7.10. The van der Waals surface area contributed by atoms with E-state index < -0.39 is 0 Å². The highest BCUT2D eigenvalue weighted by atomic mass is 16.5. The van der Waals surface area contributed by atoms with E-state index in [9.17, 15) is 4.79 Å². The van der Waals surface area contributed by atoms with Crippen LogP contribution in [0.25, 0.3) is 0 Å². The van der Waals surface area contributed by atoms with Gasteiger partial charge in [-0.15, -0.1) is 0 Å². The molecule has 4 nitrogen and oxygen atoms in total. The first-order valence-electron chi connectivity index (χ1n) is 7.74. The molecule has 0 heterocycles. The molecular formula is C17H25NO3. The summed E-state index contributed by atoms with van der Waals surface area (Å²) >= 11 is 0. The minimum atomic E-state index is -0.0713. The molecule has 0 unspecified atom stereocenters. The van der Waals surface area contributed by atoms with Gasteiger partial charge < -0.3 is 14.8 Å². The SMILES string of the molecule is COc1ccc(C(=O)NCCO[C@H]2CCCC[C@@H]2C)cc1. The number of benzene rings is 1. The molecule has 1 N–H and O–H groups in total. The fourth-order valence-corrected chi connectivity index (χ4v) is 2.75. The van der Waals surface area contributed by atoms with E-state index in [4.69, 9.17) is 9.47 Å². The molecule has 0 spiro atoms. The highest BCUT2D eigenvalue weighted by Crippen LogP contribution is 2.25.